The summed E-state index contributed by atoms with van der Waals surface area (Å²) in [5, 5.41) is -0.502. The number of rotatable bonds is 4. The average molecular weight is 433 g/mol. The molecule has 6 nitrogen and oxygen atoms in total. The van der Waals surface area contributed by atoms with Crippen molar-refractivity contribution in [1.82, 2.24) is 4.90 Å². The first kappa shape index (κ1) is 21.6. The van der Waals surface area contributed by atoms with E-state index in [9.17, 15) is 27.6 Å². The van der Waals surface area contributed by atoms with E-state index in [0.29, 0.717) is 38.6 Å². The summed E-state index contributed by atoms with van der Waals surface area (Å²) in [5.74, 6) is -1.66. The third-order valence-corrected chi connectivity index (χ3v) is 5.56. The van der Waals surface area contributed by atoms with Crippen LogP contribution in [0.1, 0.15) is 31.7 Å². The Bertz CT molecular complexity index is 822. The third kappa shape index (κ3) is 4.40. The van der Waals surface area contributed by atoms with Crippen LogP contribution >= 0.6 is 11.6 Å². The highest BCUT2D eigenvalue weighted by Gasteiger charge is 2.45. The van der Waals surface area contributed by atoms with E-state index < -0.39 is 34.6 Å². The minimum absolute atomic E-state index is 0.118. The van der Waals surface area contributed by atoms with Crippen LogP contribution in [0.5, 0.6) is 0 Å². The van der Waals surface area contributed by atoms with Crippen LogP contribution < -0.4 is 4.90 Å². The van der Waals surface area contributed by atoms with Crippen molar-refractivity contribution >= 4 is 35.1 Å². The Morgan fingerprint density at radius 1 is 1.24 bits per heavy atom. The van der Waals surface area contributed by atoms with Crippen LogP contribution in [0.15, 0.2) is 18.2 Å². The van der Waals surface area contributed by atoms with E-state index in [2.05, 4.69) is 0 Å². The lowest BCUT2D eigenvalue weighted by Crippen LogP contribution is -2.47. The number of anilines is 1. The molecule has 0 N–H and O–H groups in total. The highest BCUT2D eigenvalue weighted by atomic mass is 35.5. The Balaban J connectivity index is 1.74. The summed E-state index contributed by atoms with van der Waals surface area (Å²) in [5.41, 5.74) is -1.25. The molecule has 10 heteroatoms. The van der Waals surface area contributed by atoms with E-state index in [-0.39, 0.29) is 24.0 Å². The monoisotopic (exact) mass is 432 g/mol. The number of hydrogen-bond acceptors (Lipinski definition) is 5. The fourth-order valence-corrected chi connectivity index (χ4v) is 3.97. The number of piperidine rings is 1. The van der Waals surface area contributed by atoms with Gasteiger partial charge in [-0.3, -0.25) is 19.3 Å². The van der Waals surface area contributed by atoms with Crippen LogP contribution in [0.2, 0.25) is 5.02 Å². The Kier molecular flexibility index (Phi) is 6.19. The van der Waals surface area contributed by atoms with E-state index in [1.54, 1.807) is 11.8 Å². The van der Waals surface area contributed by atoms with Crippen molar-refractivity contribution in [2.24, 2.45) is 5.92 Å². The van der Waals surface area contributed by atoms with Gasteiger partial charge in [0.05, 0.1) is 41.3 Å². The minimum atomic E-state index is -4.70. The lowest BCUT2D eigenvalue weighted by molar-refractivity contribution is -0.150. The van der Waals surface area contributed by atoms with Crippen molar-refractivity contribution in [1.29, 1.82) is 0 Å². The molecule has 0 saturated carbocycles. The average Bonchev–Trinajstić information content (AvgIpc) is 2.96. The molecule has 29 heavy (non-hydrogen) atoms. The van der Waals surface area contributed by atoms with E-state index >= 15 is 0 Å². The van der Waals surface area contributed by atoms with E-state index in [1.165, 1.54) is 6.07 Å². The van der Waals surface area contributed by atoms with Gasteiger partial charge in [-0.1, -0.05) is 11.6 Å². The summed E-state index contributed by atoms with van der Waals surface area (Å²) < 4.78 is 44.4. The molecule has 0 unspecified atom stereocenters. The fraction of sp³-hybridized carbons (Fsp3) is 0.526. The number of alkyl halides is 3. The lowest BCUT2D eigenvalue weighted by Gasteiger charge is -2.33. The number of amides is 2. The van der Waals surface area contributed by atoms with E-state index in [0.717, 1.165) is 11.0 Å². The van der Waals surface area contributed by atoms with Crippen LogP contribution in [-0.2, 0) is 25.3 Å². The van der Waals surface area contributed by atoms with Gasteiger partial charge in [-0.2, -0.15) is 13.2 Å². The van der Waals surface area contributed by atoms with Crippen LogP contribution in [0.3, 0.4) is 0 Å². The van der Waals surface area contributed by atoms with Gasteiger partial charge in [0, 0.05) is 0 Å². The quantitative estimate of drug-likeness (QED) is 0.539. The minimum Gasteiger partial charge on any atom is -0.466 e. The molecule has 3 rings (SSSR count). The summed E-state index contributed by atoms with van der Waals surface area (Å²) in [6, 6.07) is 2.21. The molecule has 1 aromatic rings. The molecule has 158 valence electrons. The van der Waals surface area contributed by atoms with Gasteiger partial charge in [-0.05, 0) is 51.1 Å². The number of imide groups is 1. The molecule has 0 aromatic heterocycles. The maximum absolute atomic E-state index is 13.1. The Morgan fingerprint density at radius 3 is 2.48 bits per heavy atom. The fourth-order valence-electron chi connectivity index (χ4n) is 3.75. The Morgan fingerprint density at radius 2 is 1.90 bits per heavy atom. The number of carbonyl (C=O) groups excluding carboxylic acids is 3. The SMILES string of the molecule is CCOC(=O)C1CCN([C@H]2CC(=O)N(c3ccc(Cl)c(C(F)(F)F)c3)C2=O)CC1. The predicted molar refractivity (Wildman–Crippen MR) is 98.3 cm³/mol. The van der Waals surface area contributed by atoms with Gasteiger partial charge < -0.3 is 4.74 Å². The second-order valence-corrected chi connectivity index (χ2v) is 7.42. The Labute approximate surface area is 170 Å². The zero-order chi connectivity index (χ0) is 21.3. The molecule has 2 fully saturated rings. The lowest BCUT2D eigenvalue weighted by atomic mass is 9.95. The molecule has 1 aromatic carbocycles. The summed E-state index contributed by atoms with van der Waals surface area (Å²) in [6.07, 6.45) is -3.83. The molecule has 0 spiro atoms. The van der Waals surface area contributed by atoms with Gasteiger partial charge in [0.2, 0.25) is 5.91 Å². The second kappa shape index (κ2) is 8.31. The number of benzene rings is 1. The van der Waals surface area contributed by atoms with Crippen molar-refractivity contribution in [3.8, 4) is 0 Å². The zero-order valence-electron chi connectivity index (χ0n) is 15.7. The molecular formula is C19H20ClF3N2O4. The first-order valence-corrected chi connectivity index (χ1v) is 9.65. The van der Waals surface area contributed by atoms with Crippen LogP contribution in [0, 0.1) is 5.92 Å². The first-order valence-electron chi connectivity index (χ1n) is 9.27. The summed E-state index contributed by atoms with van der Waals surface area (Å²) >= 11 is 5.62. The summed E-state index contributed by atoms with van der Waals surface area (Å²) in [4.78, 5) is 39.7. The smallest absolute Gasteiger partial charge is 0.417 e. The molecule has 0 aliphatic carbocycles. The maximum Gasteiger partial charge on any atom is 0.417 e. The second-order valence-electron chi connectivity index (χ2n) is 7.01. The number of esters is 1. The largest absolute Gasteiger partial charge is 0.466 e. The first-order chi connectivity index (χ1) is 13.6. The van der Waals surface area contributed by atoms with Gasteiger partial charge in [0.25, 0.3) is 5.91 Å². The molecule has 2 heterocycles. The topological polar surface area (TPSA) is 66.9 Å². The van der Waals surface area contributed by atoms with E-state index in [1.807, 2.05) is 0 Å². The predicted octanol–water partition coefficient (Wildman–Crippen LogP) is 3.27. The number of ether oxygens (including phenoxy) is 1. The number of nitrogens with zero attached hydrogens (tertiary/aromatic N) is 2. The molecule has 1 atom stereocenters. The highest BCUT2D eigenvalue weighted by molar-refractivity contribution is 6.31. The van der Waals surface area contributed by atoms with Crippen LogP contribution in [0.4, 0.5) is 18.9 Å². The van der Waals surface area contributed by atoms with Crippen molar-refractivity contribution < 1.29 is 32.3 Å². The van der Waals surface area contributed by atoms with Crippen molar-refractivity contribution in [2.75, 3.05) is 24.6 Å². The standard InChI is InChI=1S/C19H20ClF3N2O4/c1-2-29-18(28)11-5-7-24(8-6-11)15-10-16(26)25(17(15)27)12-3-4-14(20)13(9-12)19(21,22)23/h3-4,9,11,15H,2,5-8,10H2,1H3/t15-/m0/s1. The van der Waals surface area contributed by atoms with Crippen molar-refractivity contribution in [2.45, 2.75) is 38.4 Å². The van der Waals surface area contributed by atoms with Gasteiger partial charge in [-0.25, -0.2) is 4.90 Å². The number of hydrogen-bond donors (Lipinski definition) is 0. The molecule has 2 saturated heterocycles. The van der Waals surface area contributed by atoms with Crippen LogP contribution in [0.25, 0.3) is 0 Å². The molecule has 0 radical (unpaired) electrons. The van der Waals surface area contributed by atoms with Gasteiger partial charge in [0.1, 0.15) is 0 Å². The summed E-state index contributed by atoms with van der Waals surface area (Å²) in [6.45, 7) is 2.88. The van der Waals surface area contributed by atoms with Gasteiger partial charge >= 0.3 is 12.1 Å². The van der Waals surface area contributed by atoms with Crippen LogP contribution in [-0.4, -0.2) is 48.4 Å². The van der Waals surface area contributed by atoms with E-state index in [4.69, 9.17) is 16.3 Å². The van der Waals surface area contributed by atoms with Gasteiger partial charge in [-0.15, -0.1) is 0 Å². The highest BCUT2D eigenvalue weighted by Crippen LogP contribution is 2.38. The van der Waals surface area contributed by atoms with Gasteiger partial charge in [0.15, 0.2) is 0 Å². The number of likely N-dealkylation sites (tertiary alicyclic amines) is 1. The van der Waals surface area contributed by atoms with Crippen molar-refractivity contribution in [3.63, 3.8) is 0 Å². The molecular weight excluding hydrogens is 413 g/mol. The normalized spacial score (nSPS) is 21.7. The molecule has 2 aliphatic rings. The zero-order valence-corrected chi connectivity index (χ0v) is 16.4. The summed E-state index contributed by atoms with van der Waals surface area (Å²) in [7, 11) is 0. The third-order valence-electron chi connectivity index (χ3n) is 5.23. The molecule has 2 aliphatic heterocycles. The Hall–Kier alpha value is -2.13. The maximum atomic E-state index is 13.1. The number of halogens is 4. The molecule has 0 bridgehead atoms. The van der Waals surface area contributed by atoms with Crippen molar-refractivity contribution in [3.05, 3.63) is 28.8 Å². The number of carbonyl (C=O) groups is 3. The molecule has 2 amide bonds.